The largest absolute Gasteiger partial charge is 0.454 e. The van der Waals surface area contributed by atoms with Gasteiger partial charge in [0.15, 0.2) is 16.7 Å². The molecule has 0 bridgehead atoms. The lowest BCUT2D eigenvalue weighted by Gasteiger charge is -2.07. The van der Waals surface area contributed by atoms with Crippen LogP contribution < -0.4 is 15.2 Å². The number of nitrogens with zero attached hydrogens (tertiary/aromatic N) is 3. The molecule has 1 aliphatic carbocycles. The summed E-state index contributed by atoms with van der Waals surface area (Å²) in [7, 11) is 0. The maximum Gasteiger partial charge on any atom is 0.231 e. The Kier molecular flexibility index (Phi) is 3.23. The highest BCUT2D eigenvalue weighted by Gasteiger charge is 2.29. The fourth-order valence-corrected chi connectivity index (χ4v) is 3.39. The van der Waals surface area contributed by atoms with E-state index in [1.165, 1.54) is 18.4 Å². The summed E-state index contributed by atoms with van der Waals surface area (Å²) in [6, 6.07) is 6.58. The van der Waals surface area contributed by atoms with Gasteiger partial charge >= 0.3 is 0 Å². The fourth-order valence-electron chi connectivity index (χ4n) is 2.42. The molecule has 110 valence electrons. The average molecular weight is 304 g/mol. The second-order valence-corrected chi connectivity index (χ2v) is 6.12. The SMILES string of the molecule is NCc1nnc(SCc2ccc3c(c2)OCO3)n1C1CC1. The Morgan fingerprint density at radius 2 is 2.10 bits per heavy atom. The molecule has 0 saturated heterocycles. The molecule has 0 atom stereocenters. The molecule has 0 radical (unpaired) electrons. The van der Waals surface area contributed by atoms with E-state index in [9.17, 15) is 0 Å². The minimum Gasteiger partial charge on any atom is -0.454 e. The summed E-state index contributed by atoms with van der Waals surface area (Å²) in [5.41, 5.74) is 6.92. The first-order valence-corrected chi connectivity index (χ1v) is 7.99. The first kappa shape index (κ1) is 13.0. The van der Waals surface area contributed by atoms with Crippen LogP contribution in [0.3, 0.4) is 0 Å². The summed E-state index contributed by atoms with van der Waals surface area (Å²) >= 11 is 1.69. The average Bonchev–Trinajstić information content (AvgIpc) is 3.10. The molecule has 2 aromatic rings. The number of thioether (sulfide) groups is 1. The number of fused-ring (bicyclic) bond motifs is 1. The van der Waals surface area contributed by atoms with Crippen molar-refractivity contribution in [1.29, 1.82) is 0 Å². The molecular formula is C14H16N4O2S. The number of aromatic nitrogens is 3. The van der Waals surface area contributed by atoms with Crippen LogP contribution in [0, 0.1) is 0 Å². The second kappa shape index (κ2) is 5.23. The first-order valence-electron chi connectivity index (χ1n) is 7.00. The first-order chi connectivity index (χ1) is 10.3. The number of hydrogen-bond donors (Lipinski definition) is 1. The van der Waals surface area contributed by atoms with Crippen LogP contribution in [0.25, 0.3) is 0 Å². The molecule has 2 aliphatic rings. The van der Waals surface area contributed by atoms with Crippen molar-refractivity contribution < 1.29 is 9.47 Å². The summed E-state index contributed by atoms with van der Waals surface area (Å²) < 4.78 is 12.9. The van der Waals surface area contributed by atoms with E-state index in [4.69, 9.17) is 15.2 Å². The Morgan fingerprint density at radius 3 is 2.90 bits per heavy atom. The second-order valence-electron chi connectivity index (χ2n) is 5.18. The summed E-state index contributed by atoms with van der Waals surface area (Å²) in [5.74, 6) is 3.34. The topological polar surface area (TPSA) is 75.2 Å². The Hall–Kier alpha value is -1.73. The van der Waals surface area contributed by atoms with Crippen molar-refractivity contribution in [3.05, 3.63) is 29.6 Å². The minimum absolute atomic E-state index is 0.307. The fraction of sp³-hybridized carbons (Fsp3) is 0.429. The predicted octanol–water partition coefficient (Wildman–Crippen LogP) is 2.09. The van der Waals surface area contributed by atoms with Crippen molar-refractivity contribution in [3.8, 4) is 11.5 Å². The highest BCUT2D eigenvalue weighted by molar-refractivity contribution is 7.98. The van der Waals surface area contributed by atoms with E-state index < -0.39 is 0 Å². The van der Waals surface area contributed by atoms with Crippen molar-refractivity contribution >= 4 is 11.8 Å². The van der Waals surface area contributed by atoms with Gasteiger partial charge < -0.3 is 19.8 Å². The Bertz CT molecular complexity index is 669. The molecule has 2 N–H and O–H groups in total. The number of benzene rings is 1. The van der Waals surface area contributed by atoms with E-state index in [0.29, 0.717) is 19.4 Å². The zero-order valence-electron chi connectivity index (χ0n) is 11.5. The molecule has 1 fully saturated rings. The molecule has 7 heteroatoms. The van der Waals surface area contributed by atoms with E-state index in [2.05, 4.69) is 20.8 Å². The van der Waals surface area contributed by atoms with Gasteiger partial charge in [0, 0.05) is 11.8 Å². The van der Waals surface area contributed by atoms with Gasteiger partial charge in [0.05, 0.1) is 6.54 Å². The van der Waals surface area contributed by atoms with Crippen molar-refractivity contribution in [2.45, 2.75) is 36.3 Å². The number of nitrogens with two attached hydrogens (primary N) is 1. The Morgan fingerprint density at radius 1 is 1.24 bits per heavy atom. The molecule has 0 amide bonds. The van der Waals surface area contributed by atoms with Crippen LogP contribution in [0.1, 0.15) is 30.3 Å². The standard InChI is InChI=1S/C14H16N4O2S/c15-6-13-16-17-14(18(13)10-2-3-10)21-7-9-1-4-11-12(5-9)20-8-19-11/h1,4-5,10H,2-3,6-8,15H2. The quantitative estimate of drug-likeness (QED) is 0.853. The van der Waals surface area contributed by atoms with Gasteiger partial charge in [0.1, 0.15) is 5.82 Å². The number of rotatable bonds is 5. The third-order valence-corrected chi connectivity index (χ3v) is 4.65. The third-order valence-electron chi connectivity index (χ3n) is 3.63. The van der Waals surface area contributed by atoms with Crippen LogP contribution in [-0.2, 0) is 12.3 Å². The predicted molar refractivity (Wildman–Crippen MR) is 78.3 cm³/mol. The Labute approximate surface area is 126 Å². The zero-order chi connectivity index (χ0) is 14.2. The molecule has 2 heterocycles. The van der Waals surface area contributed by atoms with Gasteiger partial charge in [0.25, 0.3) is 0 Å². The highest BCUT2D eigenvalue weighted by Crippen LogP contribution is 2.39. The van der Waals surface area contributed by atoms with E-state index in [1.807, 2.05) is 12.1 Å². The summed E-state index contributed by atoms with van der Waals surface area (Å²) in [5, 5.41) is 9.42. The van der Waals surface area contributed by atoms with Gasteiger partial charge in [-0.05, 0) is 30.5 Å². The summed E-state index contributed by atoms with van der Waals surface area (Å²) in [4.78, 5) is 0. The zero-order valence-corrected chi connectivity index (χ0v) is 12.3. The van der Waals surface area contributed by atoms with Crippen molar-refractivity contribution in [3.63, 3.8) is 0 Å². The lowest BCUT2D eigenvalue weighted by molar-refractivity contribution is 0.174. The molecule has 0 spiro atoms. The lowest BCUT2D eigenvalue weighted by atomic mass is 10.2. The summed E-state index contributed by atoms with van der Waals surface area (Å²) in [6.45, 7) is 0.746. The molecule has 4 rings (SSSR count). The van der Waals surface area contributed by atoms with Gasteiger partial charge in [-0.25, -0.2) is 0 Å². The van der Waals surface area contributed by atoms with Crippen LogP contribution in [0.5, 0.6) is 11.5 Å². The third kappa shape index (κ3) is 2.47. The van der Waals surface area contributed by atoms with E-state index in [0.717, 1.165) is 28.2 Å². The van der Waals surface area contributed by atoms with Gasteiger partial charge in [0.2, 0.25) is 6.79 Å². The molecule has 6 nitrogen and oxygen atoms in total. The minimum atomic E-state index is 0.307. The molecular weight excluding hydrogens is 288 g/mol. The molecule has 21 heavy (non-hydrogen) atoms. The smallest absolute Gasteiger partial charge is 0.231 e. The monoisotopic (exact) mass is 304 g/mol. The molecule has 0 unspecified atom stereocenters. The lowest BCUT2D eigenvalue weighted by Crippen LogP contribution is -2.08. The van der Waals surface area contributed by atoms with Crippen molar-refractivity contribution in [2.24, 2.45) is 5.73 Å². The number of hydrogen-bond acceptors (Lipinski definition) is 6. The van der Waals surface area contributed by atoms with Crippen LogP contribution in [0.2, 0.25) is 0 Å². The summed E-state index contributed by atoms with van der Waals surface area (Å²) in [6.07, 6.45) is 2.39. The van der Waals surface area contributed by atoms with Crippen molar-refractivity contribution in [2.75, 3.05) is 6.79 Å². The number of ether oxygens (including phenoxy) is 2. The maximum atomic E-state index is 5.74. The molecule has 1 aliphatic heterocycles. The van der Waals surface area contributed by atoms with E-state index in [1.54, 1.807) is 11.8 Å². The van der Waals surface area contributed by atoms with Crippen LogP contribution >= 0.6 is 11.8 Å². The Balaban J connectivity index is 1.51. The van der Waals surface area contributed by atoms with Gasteiger partial charge in [-0.1, -0.05) is 17.8 Å². The van der Waals surface area contributed by atoms with Crippen molar-refractivity contribution in [1.82, 2.24) is 14.8 Å². The normalized spacial score (nSPS) is 16.4. The van der Waals surface area contributed by atoms with Crippen LogP contribution in [-0.4, -0.2) is 21.6 Å². The van der Waals surface area contributed by atoms with Gasteiger partial charge in [-0.15, -0.1) is 10.2 Å². The van der Waals surface area contributed by atoms with Crippen LogP contribution in [0.15, 0.2) is 23.4 Å². The molecule has 1 aromatic heterocycles. The van der Waals surface area contributed by atoms with Crippen LogP contribution in [0.4, 0.5) is 0 Å². The van der Waals surface area contributed by atoms with Gasteiger partial charge in [-0.2, -0.15) is 0 Å². The highest BCUT2D eigenvalue weighted by atomic mass is 32.2. The molecule has 1 saturated carbocycles. The van der Waals surface area contributed by atoms with Gasteiger partial charge in [-0.3, -0.25) is 0 Å². The molecule has 1 aromatic carbocycles. The van der Waals surface area contributed by atoms with E-state index >= 15 is 0 Å². The van der Waals surface area contributed by atoms with E-state index in [-0.39, 0.29) is 0 Å². The maximum absolute atomic E-state index is 5.74.